The second kappa shape index (κ2) is 3.83. The largest absolute Gasteiger partial charge is 0.477 e. The van der Waals surface area contributed by atoms with Crippen LogP contribution in [0.25, 0.3) is 0 Å². The first-order chi connectivity index (χ1) is 4.18. The van der Waals surface area contributed by atoms with E-state index in [1.807, 2.05) is 0 Å². The monoisotopic (exact) mass is 127 g/mol. The van der Waals surface area contributed by atoms with Crippen molar-refractivity contribution in [3.05, 3.63) is 12.7 Å². The van der Waals surface area contributed by atoms with E-state index in [2.05, 4.69) is 11.6 Å². The molecule has 3 heteroatoms. The van der Waals surface area contributed by atoms with Gasteiger partial charge in [0, 0.05) is 0 Å². The highest BCUT2D eigenvalue weighted by Crippen LogP contribution is 1.77. The van der Waals surface area contributed by atoms with E-state index < -0.39 is 5.97 Å². The van der Waals surface area contributed by atoms with Gasteiger partial charge in [-0.05, 0) is 6.92 Å². The first-order valence-electron chi connectivity index (χ1n) is 2.53. The molecule has 3 nitrogen and oxygen atoms in total. The van der Waals surface area contributed by atoms with Crippen LogP contribution in [0.3, 0.4) is 0 Å². The number of aliphatic imine (C=N–C) groups is 1. The predicted octanol–water partition coefficient (Wildman–Crippen LogP) is 0.718. The molecule has 0 aliphatic heterocycles. The molecule has 0 atom stereocenters. The lowest BCUT2D eigenvalue weighted by Gasteiger charge is -1.87. The van der Waals surface area contributed by atoms with Crippen molar-refractivity contribution >= 4 is 11.7 Å². The highest BCUT2D eigenvalue weighted by Gasteiger charge is 1.97. The number of carboxylic acids is 1. The lowest BCUT2D eigenvalue weighted by molar-refractivity contribution is -0.129. The third kappa shape index (κ3) is 3.46. The van der Waals surface area contributed by atoms with E-state index in [0.717, 1.165) is 0 Å². The molecule has 0 aromatic rings. The van der Waals surface area contributed by atoms with Gasteiger partial charge in [-0.2, -0.15) is 0 Å². The number of aliphatic carboxylic acids is 1. The van der Waals surface area contributed by atoms with Gasteiger partial charge in [0.2, 0.25) is 0 Å². The summed E-state index contributed by atoms with van der Waals surface area (Å²) in [7, 11) is 0. The molecule has 9 heavy (non-hydrogen) atoms. The van der Waals surface area contributed by atoms with E-state index in [0.29, 0.717) is 6.54 Å². The van der Waals surface area contributed by atoms with Crippen LogP contribution in [-0.2, 0) is 4.79 Å². The summed E-state index contributed by atoms with van der Waals surface area (Å²) in [6, 6.07) is 0. The van der Waals surface area contributed by atoms with Crippen LogP contribution in [0.5, 0.6) is 0 Å². The van der Waals surface area contributed by atoms with Crippen molar-refractivity contribution in [2.45, 2.75) is 6.92 Å². The van der Waals surface area contributed by atoms with Crippen molar-refractivity contribution in [3.63, 3.8) is 0 Å². The fourth-order valence-corrected chi connectivity index (χ4v) is 0.269. The summed E-state index contributed by atoms with van der Waals surface area (Å²) < 4.78 is 0. The van der Waals surface area contributed by atoms with Gasteiger partial charge >= 0.3 is 5.97 Å². The molecule has 1 N–H and O–H groups in total. The predicted molar refractivity (Wildman–Crippen MR) is 35.8 cm³/mol. The van der Waals surface area contributed by atoms with Gasteiger partial charge in [0.05, 0.1) is 6.54 Å². The van der Waals surface area contributed by atoms with Gasteiger partial charge in [-0.3, -0.25) is 4.99 Å². The molecule has 0 aromatic carbocycles. The van der Waals surface area contributed by atoms with Crippen LogP contribution in [0, 0.1) is 0 Å². The number of nitrogens with zero attached hydrogens (tertiary/aromatic N) is 1. The molecule has 0 saturated heterocycles. The van der Waals surface area contributed by atoms with Crippen molar-refractivity contribution in [1.82, 2.24) is 0 Å². The number of hydrogen-bond donors (Lipinski definition) is 1. The maximum absolute atomic E-state index is 10.0. The zero-order chi connectivity index (χ0) is 7.28. The standard InChI is InChI=1S/C6H9NO2/c1-3-4-7-5(2)6(8)9/h3H,1,4H2,2H3,(H,8,9)/b7-5+. The Bertz CT molecular complexity index is 149. The van der Waals surface area contributed by atoms with Gasteiger partial charge in [-0.1, -0.05) is 6.08 Å². The van der Waals surface area contributed by atoms with Crippen LogP contribution in [0.2, 0.25) is 0 Å². The summed E-state index contributed by atoms with van der Waals surface area (Å²) in [4.78, 5) is 13.7. The zero-order valence-corrected chi connectivity index (χ0v) is 5.29. The average molecular weight is 127 g/mol. The molecule has 0 radical (unpaired) electrons. The molecule has 0 bridgehead atoms. The van der Waals surface area contributed by atoms with Gasteiger partial charge in [0.25, 0.3) is 0 Å². The third-order valence-corrected chi connectivity index (χ3v) is 0.767. The highest BCUT2D eigenvalue weighted by atomic mass is 16.4. The lowest BCUT2D eigenvalue weighted by Crippen LogP contribution is -2.08. The minimum atomic E-state index is -0.975. The second-order valence-electron chi connectivity index (χ2n) is 1.52. The van der Waals surface area contributed by atoms with E-state index in [1.165, 1.54) is 6.92 Å². The van der Waals surface area contributed by atoms with Crippen molar-refractivity contribution in [3.8, 4) is 0 Å². The van der Waals surface area contributed by atoms with Gasteiger partial charge in [-0.15, -0.1) is 6.58 Å². The summed E-state index contributed by atoms with van der Waals surface area (Å²) in [5, 5.41) is 8.24. The zero-order valence-electron chi connectivity index (χ0n) is 5.29. The van der Waals surface area contributed by atoms with Crippen LogP contribution in [0.4, 0.5) is 0 Å². The Labute approximate surface area is 53.7 Å². The summed E-state index contributed by atoms with van der Waals surface area (Å²) in [5.41, 5.74) is 0.120. The van der Waals surface area contributed by atoms with Gasteiger partial charge in [0.15, 0.2) is 0 Å². The van der Waals surface area contributed by atoms with Crippen LogP contribution in [0.1, 0.15) is 6.92 Å². The van der Waals surface area contributed by atoms with E-state index in [9.17, 15) is 4.79 Å². The van der Waals surface area contributed by atoms with Gasteiger partial charge in [0.1, 0.15) is 5.71 Å². The Morgan fingerprint density at radius 1 is 1.89 bits per heavy atom. The fraction of sp³-hybridized carbons (Fsp3) is 0.333. The maximum atomic E-state index is 10.0. The third-order valence-electron chi connectivity index (χ3n) is 0.767. The first kappa shape index (κ1) is 7.88. The molecule has 0 aliphatic carbocycles. The Morgan fingerprint density at radius 3 is 2.78 bits per heavy atom. The van der Waals surface area contributed by atoms with Crippen molar-refractivity contribution in [2.75, 3.05) is 6.54 Å². The second-order valence-corrected chi connectivity index (χ2v) is 1.52. The fourth-order valence-electron chi connectivity index (χ4n) is 0.269. The van der Waals surface area contributed by atoms with E-state index in [4.69, 9.17) is 5.11 Å². The molecule has 0 fully saturated rings. The molecule has 0 aromatic heterocycles. The Kier molecular flexibility index (Phi) is 3.35. The normalized spacial score (nSPS) is 11.0. The molecule has 0 saturated carbocycles. The number of carbonyl (C=O) groups is 1. The van der Waals surface area contributed by atoms with E-state index in [-0.39, 0.29) is 5.71 Å². The smallest absolute Gasteiger partial charge is 0.349 e. The van der Waals surface area contributed by atoms with Crippen molar-refractivity contribution < 1.29 is 9.90 Å². The molecule has 0 rings (SSSR count). The van der Waals surface area contributed by atoms with Crippen LogP contribution >= 0.6 is 0 Å². The minimum Gasteiger partial charge on any atom is -0.477 e. The minimum absolute atomic E-state index is 0.120. The van der Waals surface area contributed by atoms with Gasteiger partial charge < -0.3 is 5.11 Å². The van der Waals surface area contributed by atoms with Gasteiger partial charge in [-0.25, -0.2) is 4.79 Å². The Hall–Kier alpha value is -1.12. The number of rotatable bonds is 3. The Morgan fingerprint density at radius 2 is 2.44 bits per heavy atom. The van der Waals surface area contributed by atoms with Crippen LogP contribution in [0.15, 0.2) is 17.6 Å². The summed E-state index contributed by atoms with van der Waals surface area (Å²) in [5.74, 6) is -0.975. The topological polar surface area (TPSA) is 49.7 Å². The molecule has 50 valence electrons. The first-order valence-corrected chi connectivity index (χ1v) is 2.53. The molecule has 0 unspecified atom stereocenters. The molecular weight excluding hydrogens is 118 g/mol. The van der Waals surface area contributed by atoms with Crippen LogP contribution in [-0.4, -0.2) is 23.3 Å². The highest BCUT2D eigenvalue weighted by molar-refractivity contribution is 6.34. The molecule has 0 amide bonds. The SMILES string of the molecule is C=CC/N=C(\C)C(=O)O. The molecular formula is C6H9NO2. The average Bonchev–Trinajstić information content (AvgIpc) is 1.82. The summed E-state index contributed by atoms with van der Waals surface area (Å²) in [6.07, 6.45) is 1.55. The van der Waals surface area contributed by atoms with Crippen molar-refractivity contribution in [1.29, 1.82) is 0 Å². The van der Waals surface area contributed by atoms with Crippen LogP contribution < -0.4 is 0 Å². The molecule has 0 spiro atoms. The molecule has 0 aliphatic rings. The maximum Gasteiger partial charge on any atom is 0.349 e. The summed E-state index contributed by atoms with van der Waals surface area (Å²) in [6.45, 7) is 5.22. The lowest BCUT2D eigenvalue weighted by atomic mass is 10.4. The van der Waals surface area contributed by atoms with E-state index in [1.54, 1.807) is 6.08 Å². The summed E-state index contributed by atoms with van der Waals surface area (Å²) >= 11 is 0. The van der Waals surface area contributed by atoms with E-state index >= 15 is 0 Å². The molecule has 0 heterocycles. The quantitative estimate of drug-likeness (QED) is 0.448. The Balaban J connectivity index is 3.83. The van der Waals surface area contributed by atoms with Crippen molar-refractivity contribution in [2.24, 2.45) is 4.99 Å². The number of carboxylic acid groups (broad SMARTS) is 1. The number of hydrogen-bond acceptors (Lipinski definition) is 2.